The molecule has 5 heteroatoms. The number of rotatable bonds is 3. The van der Waals surface area contributed by atoms with Crippen LogP contribution in [0.4, 0.5) is 0 Å². The lowest BCUT2D eigenvalue weighted by molar-refractivity contribution is -0.142. The molecule has 0 aromatic rings. The van der Waals surface area contributed by atoms with E-state index >= 15 is 0 Å². The zero-order valence-corrected chi connectivity index (χ0v) is 13.0. The number of carbonyl (C=O) groups is 1. The van der Waals surface area contributed by atoms with E-state index in [2.05, 4.69) is 4.90 Å². The standard InChI is InChI=1S/C16H29N3O2/c17-14-5-7-18(8-6-14)12-13-3-9-19(10-4-13)16(20)15-2-1-11-21-15/h13-15H,1-12,17H2/t15-/m0/s1. The Morgan fingerprint density at radius 1 is 1.05 bits per heavy atom. The molecule has 120 valence electrons. The van der Waals surface area contributed by atoms with Gasteiger partial charge in [-0.05, 0) is 57.5 Å². The molecule has 0 radical (unpaired) electrons. The molecule has 0 aromatic carbocycles. The van der Waals surface area contributed by atoms with Gasteiger partial charge < -0.3 is 20.3 Å². The molecule has 3 rings (SSSR count). The molecular weight excluding hydrogens is 266 g/mol. The van der Waals surface area contributed by atoms with Gasteiger partial charge in [0.05, 0.1) is 0 Å². The molecule has 3 aliphatic rings. The first-order chi connectivity index (χ1) is 10.2. The molecular formula is C16H29N3O2. The molecule has 1 amide bonds. The summed E-state index contributed by atoms with van der Waals surface area (Å²) in [7, 11) is 0. The molecule has 0 bridgehead atoms. The Balaban J connectivity index is 1.39. The molecule has 5 nitrogen and oxygen atoms in total. The summed E-state index contributed by atoms with van der Waals surface area (Å²) in [5.41, 5.74) is 5.96. The molecule has 0 saturated carbocycles. The number of hydrogen-bond donors (Lipinski definition) is 1. The van der Waals surface area contributed by atoms with Crippen LogP contribution in [0, 0.1) is 5.92 Å². The van der Waals surface area contributed by atoms with Crippen molar-refractivity contribution in [2.45, 2.75) is 50.7 Å². The van der Waals surface area contributed by atoms with Crippen molar-refractivity contribution >= 4 is 5.91 Å². The summed E-state index contributed by atoms with van der Waals surface area (Å²) in [5.74, 6) is 0.975. The molecule has 0 unspecified atom stereocenters. The van der Waals surface area contributed by atoms with Crippen LogP contribution >= 0.6 is 0 Å². The zero-order valence-electron chi connectivity index (χ0n) is 13.0. The fraction of sp³-hybridized carbons (Fsp3) is 0.938. The molecule has 0 aromatic heterocycles. The summed E-state index contributed by atoms with van der Waals surface area (Å²) >= 11 is 0. The van der Waals surface area contributed by atoms with E-state index in [4.69, 9.17) is 10.5 Å². The van der Waals surface area contributed by atoms with E-state index in [0.717, 1.165) is 77.2 Å². The minimum atomic E-state index is -0.148. The van der Waals surface area contributed by atoms with Crippen LogP contribution in [-0.2, 0) is 9.53 Å². The molecule has 0 aliphatic carbocycles. The van der Waals surface area contributed by atoms with Crippen LogP contribution in [0.15, 0.2) is 0 Å². The highest BCUT2D eigenvalue weighted by atomic mass is 16.5. The molecule has 21 heavy (non-hydrogen) atoms. The summed E-state index contributed by atoms with van der Waals surface area (Å²) < 4.78 is 5.52. The summed E-state index contributed by atoms with van der Waals surface area (Å²) in [6, 6.07) is 0.409. The maximum atomic E-state index is 12.3. The quantitative estimate of drug-likeness (QED) is 0.838. The number of nitrogens with zero attached hydrogens (tertiary/aromatic N) is 2. The van der Waals surface area contributed by atoms with Crippen LogP contribution in [-0.4, -0.2) is 67.2 Å². The van der Waals surface area contributed by atoms with Crippen molar-refractivity contribution in [3.63, 3.8) is 0 Å². The lowest BCUT2D eigenvalue weighted by Crippen LogP contribution is -2.47. The smallest absolute Gasteiger partial charge is 0.251 e. The van der Waals surface area contributed by atoms with Gasteiger partial charge in [0.1, 0.15) is 6.10 Å². The summed E-state index contributed by atoms with van der Waals surface area (Å²) in [5, 5.41) is 0. The molecule has 3 aliphatic heterocycles. The SMILES string of the molecule is NC1CCN(CC2CCN(C(=O)[C@@H]3CCCO3)CC2)CC1. The minimum absolute atomic E-state index is 0.148. The van der Waals surface area contributed by atoms with Crippen LogP contribution in [0.3, 0.4) is 0 Å². The van der Waals surface area contributed by atoms with Gasteiger partial charge in [-0.25, -0.2) is 0 Å². The predicted octanol–water partition coefficient (Wildman–Crippen LogP) is 0.827. The molecule has 1 atom stereocenters. The Morgan fingerprint density at radius 3 is 2.38 bits per heavy atom. The first-order valence-electron chi connectivity index (χ1n) is 8.60. The topological polar surface area (TPSA) is 58.8 Å². The number of carbonyl (C=O) groups excluding carboxylic acids is 1. The second-order valence-electron chi connectivity index (χ2n) is 6.91. The number of amides is 1. The highest BCUT2D eigenvalue weighted by Crippen LogP contribution is 2.23. The van der Waals surface area contributed by atoms with Gasteiger partial charge in [0.2, 0.25) is 0 Å². The third kappa shape index (κ3) is 3.96. The van der Waals surface area contributed by atoms with Crippen molar-refractivity contribution in [3.8, 4) is 0 Å². The average molecular weight is 295 g/mol. The van der Waals surface area contributed by atoms with Gasteiger partial charge in [0.25, 0.3) is 5.91 Å². The minimum Gasteiger partial charge on any atom is -0.368 e. The van der Waals surface area contributed by atoms with Crippen LogP contribution in [0.2, 0.25) is 0 Å². The number of likely N-dealkylation sites (tertiary alicyclic amines) is 2. The van der Waals surface area contributed by atoms with Crippen molar-refractivity contribution in [2.24, 2.45) is 11.7 Å². The maximum absolute atomic E-state index is 12.3. The summed E-state index contributed by atoms with van der Waals surface area (Å²) in [6.07, 6.45) is 6.34. The van der Waals surface area contributed by atoms with Crippen molar-refractivity contribution < 1.29 is 9.53 Å². The monoisotopic (exact) mass is 295 g/mol. The van der Waals surface area contributed by atoms with E-state index in [9.17, 15) is 4.79 Å². The molecule has 0 spiro atoms. The third-order valence-electron chi connectivity index (χ3n) is 5.28. The number of piperidine rings is 2. The van der Waals surface area contributed by atoms with Crippen LogP contribution in [0.1, 0.15) is 38.5 Å². The zero-order chi connectivity index (χ0) is 14.7. The van der Waals surface area contributed by atoms with Crippen LogP contribution in [0.5, 0.6) is 0 Å². The van der Waals surface area contributed by atoms with Crippen molar-refractivity contribution in [1.82, 2.24) is 9.80 Å². The van der Waals surface area contributed by atoms with Crippen LogP contribution < -0.4 is 5.73 Å². The van der Waals surface area contributed by atoms with E-state index in [1.807, 2.05) is 4.90 Å². The van der Waals surface area contributed by atoms with Crippen molar-refractivity contribution in [2.75, 3.05) is 39.3 Å². The van der Waals surface area contributed by atoms with E-state index in [1.165, 1.54) is 6.54 Å². The van der Waals surface area contributed by atoms with E-state index in [-0.39, 0.29) is 12.0 Å². The fourth-order valence-electron chi connectivity index (χ4n) is 3.81. The molecule has 2 N–H and O–H groups in total. The second kappa shape index (κ2) is 7.07. The summed E-state index contributed by atoms with van der Waals surface area (Å²) in [4.78, 5) is 16.9. The summed E-state index contributed by atoms with van der Waals surface area (Å²) in [6.45, 7) is 6.07. The molecule has 3 saturated heterocycles. The van der Waals surface area contributed by atoms with Crippen molar-refractivity contribution in [3.05, 3.63) is 0 Å². The first kappa shape index (κ1) is 15.3. The Kier molecular flexibility index (Phi) is 5.14. The highest BCUT2D eigenvalue weighted by Gasteiger charge is 2.31. The average Bonchev–Trinajstić information content (AvgIpc) is 3.04. The van der Waals surface area contributed by atoms with Gasteiger partial charge in [-0.3, -0.25) is 4.79 Å². The second-order valence-corrected chi connectivity index (χ2v) is 6.91. The fourth-order valence-corrected chi connectivity index (χ4v) is 3.81. The Labute approximate surface area is 127 Å². The molecule has 3 heterocycles. The third-order valence-corrected chi connectivity index (χ3v) is 5.28. The van der Waals surface area contributed by atoms with Gasteiger partial charge in [-0.1, -0.05) is 0 Å². The van der Waals surface area contributed by atoms with Gasteiger partial charge in [0.15, 0.2) is 0 Å². The highest BCUT2D eigenvalue weighted by molar-refractivity contribution is 5.81. The number of hydrogen-bond acceptors (Lipinski definition) is 4. The predicted molar refractivity (Wildman–Crippen MR) is 81.9 cm³/mol. The van der Waals surface area contributed by atoms with E-state index < -0.39 is 0 Å². The lowest BCUT2D eigenvalue weighted by atomic mass is 9.94. The van der Waals surface area contributed by atoms with Crippen LogP contribution in [0.25, 0.3) is 0 Å². The number of ether oxygens (including phenoxy) is 1. The van der Waals surface area contributed by atoms with Gasteiger partial charge >= 0.3 is 0 Å². The normalized spacial score (nSPS) is 30.0. The number of nitrogens with two attached hydrogens (primary N) is 1. The molecule has 3 fully saturated rings. The maximum Gasteiger partial charge on any atom is 0.251 e. The Morgan fingerprint density at radius 2 is 1.76 bits per heavy atom. The lowest BCUT2D eigenvalue weighted by Gasteiger charge is -2.37. The van der Waals surface area contributed by atoms with Gasteiger partial charge in [0, 0.05) is 32.3 Å². The first-order valence-corrected chi connectivity index (χ1v) is 8.60. The van der Waals surface area contributed by atoms with Gasteiger partial charge in [-0.15, -0.1) is 0 Å². The Bertz CT molecular complexity index is 341. The van der Waals surface area contributed by atoms with Gasteiger partial charge in [-0.2, -0.15) is 0 Å². The largest absolute Gasteiger partial charge is 0.368 e. The van der Waals surface area contributed by atoms with Crippen molar-refractivity contribution in [1.29, 1.82) is 0 Å². The van der Waals surface area contributed by atoms with E-state index in [0.29, 0.717) is 6.04 Å². The Hall–Kier alpha value is -0.650. The van der Waals surface area contributed by atoms with E-state index in [1.54, 1.807) is 0 Å².